The summed E-state index contributed by atoms with van der Waals surface area (Å²) in [6.45, 7) is 0. The van der Waals surface area contributed by atoms with Gasteiger partial charge in [0.15, 0.2) is 0 Å². The molecule has 0 saturated carbocycles. The van der Waals surface area contributed by atoms with E-state index in [0.29, 0.717) is 0 Å². The second-order valence-electron chi connectivity index (χ2n) is 0. The van der Waals surface area contributed by atoms with Gasteiger partial charge in [-0.3, -0.25) is 0 Å². The van der Waals surface area contributed by atoms with Crippen LogP contribution in [0.25, 0.3) is 0 Å². The first-order chi connectivity index (χ1) is 0. The van der Waals surface area contributed by atoms with Crippen molar-refractivity contribution >= 4 is 17.4 Å². The molecule has 0 N–H and O–H groups in total. The maximum absolute atomic E-state index is 0. The summed E-state index contributed by atoms with van der Waals surface area (Å²) in [6.07, 6.45) is 0. The Morgan fingerprint density at radius 1 is 1.00 bits per heavy atom. The van der Waals surface area contributed by atoms with Gasteiger partial charge in [0.05, 0.1) is 0 Å². The molecular formula is AlCuFeO+5. The molecule has 0 rings (SSSR count). The van der Waals surface area contributed by atoms with Gasteiger partial charge in [-0.25, -0.2) is 0 Å². The van der Waals surface area contributed by atoms with Gasteiger partial charge in [-0.05, 0) is 0 Å². The van der Waals surface area contributed by atoms with Crippen LogP contribution in [-0.2, 0) is 39.6 Å². The number of rotatable bonds is 0. The normalized spacial score (nSPS) is 0. The van der Waals surface area contributed by atoms with E-state index >= 15 is 0 Å². The molecule has 23 valence electrons. The molecule has 0 aromatic rings. The van der Waals surface area contributed by atoms with Gasteiger partial charge >= 0.3 is 51.5 Å². The Kier molecular flexibility index (Phi) is 292. The summed E-state index contributed by atoms with van der Waals surface area (Å²) < 4.78 is 0. The average molecular weight is 162 g/mol. The molecule has 1 radical (unpaired) electrons. The summed E-state index contributed by atoms with van der Waals surface area (Å²) >= 11 is 0. The van der Waals surface area contributed by atoms with E-state index in [-0.39, 0.29) is 57.0 Å². The van der Waals surface area contributed by atoms with Gasteiger partial charge in [0, 0.05) is 0 Å². The second kappa shape index (κ2) is 24.1. The molecule has 0 heterocycles. The fourth-order valence-electron chi connectivity index (χ4n) is 0. The van der Waals surface area contributed by atoms with E-state index in [9.17, 15) is 0 Å². The van der Waals surface area contributed by atoms with Crippen molar-refractivity contribution in [3.63, 3.8) is 0 Å². The third-order valence-corrected chi connectivity index (χ3v) is 0. The van der Waals surface area contributed by atoms with Crippen LogP contribution in [0.5, 0.6) is 0 Å². The van der Waals surface area contributed by atoms with Gasteiger partial charge in [0.2, 0.25) is 0 Å². The molecule has 0 amide bonds. The van der Waals surface area contributed by atoms with Crippen molar-refractivity contribution in [3.05, 3.63) is 0 Å². The fourth-order valence-corrected chi connectivity index (χ4v) is 0. The zero-order valence-corrected chi connectivity index (χ0v) is 4.84. The summed E-state index contributed by atoms with van der Waals surface area (Å²) in [6, 6.07) is 0. The van der Waals surface area contributed by atoms with Crippen molar-refractivity contribution in [1.29, 1.82) is 0 Å². The fraction of sp³-hybridized carbons (Fsp3) is 0. The average Bonchev–Trinajstić information content (AvgIpc) is 0. The summed E-state index contributed by atoms with van der Waals surface area (Å²) in [5.74, 6) is 0. The smallest absolute Gasteiger partial charge is 2.00 e. The molecular weight excluding hydrogens is 162 g/mol. The van der Waals surface area contributed by atoms with Crippen LogP contribution in [0.2, 0.25) is 0 Å². The van der Waals surface area contributed by atoms with Gasteiger partial charge in [-0.15, -0.1) is 0 Å². The van der Waals surface area contributed by atoms with Crippen molar-refractivity contribution in [1.82, 2.24) is 0 Å². The maximum Gasteiger partial charge on any atom is 3.00 e. The topological polar surface area (TPSA) is 28.5 Å². The summed E-state index contributed by atoms with van der Waals surface area (Å²) in [7, 11) is 0. The van der Waals surface area contributed by atoms with E-state index in [4.69, 9.17) is 0 Å². The Labute approximate surface area is 56.9 Å². The predicted octanol–water partition coefficient (Wildman–Crippen LogP) is -0.505. The summed E-state index contributed by atoms with van der Waals surface area (Å²) in [5.41, 5.74) is 0. The van der Waals surface area contributed by atoms with Crippen molar-refractivity contribution in [3.8, 4) is 0 Å². The molecule has 0 aromatic carbocycles. The minimum Gasteiger partial charge on any atom is -2.00 e. The minimum absolute atomic E-state index is 0. The molecule has 0 unspecified atom stereocenters. The molecule has 4 heavy (non-hydrogen) atoms. The van der Waals surface area contributed by atoms with Crippen LogP contribution in [0.15, 0.2) is 0 Å². The standard InChI is InChI=1S/Al.Cu.Fe.O/q+3;2*+2;-2. The second-order valence-corrected chi connectivity index (χ2v) is 0. The van der Waals surface area contributed by atoms with Gasteiger partial charge in [0.1, 0.15) is 0 Å². The minimum atomic E-state index is 0. The van der Waals surface area contributed by atoms with Crippen LogP contribution in [0.4, 0.5) is 0 Å². The Morgan fingerprint density at radius 2 is 1.00 bits per heavy atom. The van der Waals surface area contributed by atoms with Gasteiger partial charge < -0.3 is 5.48 Å². The molecule has 0 aliphatic heterocycles. The molecule has 0 aliphatic rings. The molecule has 0 aromatic heterocycles. The van der Waals surface area contributed by atoms with Crippen molar-refractivity contribution in [2.24, 2.45) is 0 Å². The van der Waals surface area contributed by atoms with Crippen LogP contribution in [-0.4, -0.2) is 17.4 Å². The predicted molar refractivity (Wildman–Crippen MR) is 6.44 cm³/mol. The molecule has 0 aliphatic carbocycles. The monoisotopic (exact) mass is 162 g/mol. The molecule has 0 bridgehead atoms. The van der Waals surface area contributed by atoms with E-state index in [1.165, 1.54) is 0 Å². The Balaban J connectivity index is 0. The number of hydrogen-bond donors (Lipinski definition) is 0. The van der Waals surface area contributed by atoms with E-state index in [1.54, 1.807) is 0 Å². The van der Waals surface area contributed by atoms with Crippen molar-refractivity contribution in [2.45, 2.75) is 0 Å². The van der Waals surface area contributed by atoms with Crippen LogP contribution in [0.1, 0.15) is 0 Å². The van der Waals surface area contributed by atoms with Crippen LogP contribution in [0.3, 0.4) is 0 Å². The van der Waals surface area contributed by atoms with E-state index in [1.807, 2.05) is 0 Å². The van der Waals surface area contributed by atoms with Gasteiger partial charge in [-0.1, -0.05) is 0 Å². The SMILES string of the molecule is [Al+3].[Cu+2].[Fe+2].[O-2]. The quantitative estimate of drug-likeness (QED) is 0.430. The Morgan fingerprint density at radius 3 is 1.00 bits per heavy atom. The van der Waals surface area contributed by atoms with Crippen molar-refractivity contribution < 1.29 is 39.6 Å². The molecule has 0 atom stereocenters. The third kappa shape index (κ3) is 9.65. The largest absolute Gasteiger partial charge is 3.00 e. The first-order valence-corrected chi connectivity index (χ1v) is 0. The first-order valence-electron chi connectivity index (χ1n) is 0. The van der Waals surface area contributed by atoms with Crippen molar-refractivity contribution in [2.75, 3.05) is 0 Å². The molecule has 0 fully saturated rings. The van der Waals surface area contributed by atoms with E-state index in [2.05, 4.69) is 0 Å². The molecule has 4 heteroatoms. The number of hydrogen-bond acceptors (Lipinski definition) is 0. The van der Waals surface area contributed by atoms with Crippen LogP contribution in [0, 0.1) is 0 Å². The summed E-state index contributed by atoms with van der Waals surface area (Å²) in [5, 5.41) is 0. The summed E-state index contributed by atoms with van der Waals surface area (Å²) in [4.78, 5) is 0. The Bertz CT molecular complexity index is 8.00. The Hall–Kier alpha value is 1.53. The molecule has 1 nitrogen and oxygen atoms in total. The molecule has 0 spiro atoms. The zero-order valence-electron chi connectivity index (χ0n) is 1.64. The van der Waals surface area contributed by atoms with Gasteiger partial charge in [0.25, 0.3) is 0 Å². The van der Waals surface area contributed by atoms with E-state index in [0.717, 1.165) is 0 Å². The maximum atomic E-state index is 0. The zero-order chi connectivity index (χ0) is 0. The van der Waals surface area contributed by atoms with Crippen LogP contribution < -0.4 is 0 Å². The van der Waals surface area contributed by atoms with Crippen LogP contribution >= 0.6 is 0 Å². The van der Waals surface area contributed by atoms with E-state index < -0.39 is 0 Å². The van der Waals surface area contributed by atoms with Gasteiger partial charge in [-0.2, -0.15) is 0 Å². The molecule has 0 saturated heterocycles. The first kappa shape index (κ1) is 48.4. The third-order valence-electron chi connectivity index (χ3n) is 0.